The van der Waals surface area contributed by atoms with Gasteiger partial charge in [0.25, 0.3) is 0 Å². The van der Waals surface area contributed by atoms with Crippen molar-refractivity contribution in [2.75, 3.05) is 7.11 Å². The van der Waals surface area contributed by atoms with Crippen molar-refractivity contribution in [3.63, 3.8) is 0 Å². The summed E-state index contributed by atoms with van der Waals surface area (Å²) < 4.78 is 6.27. The number of methoxy groups -OCH3 is 1. The van der Waals surface area contributed by atoms with Crippen LogP contribution in [-0.4, -0.2) is 12.9 Å². The summed E-state index contributed by atoms with van der Waals surface area (Å²) in [5.74, 6) is 1.23. The number of aryl methyl sites for hydroxylation is 1. The van der Waals surface area contributed by atoms with Crippen LogP contribution in [0.1, 0.15) is 38.2 Å². The van der Waals surface area contributed by atoms with Crippen molar-refractivity contribution >= 4 is 21.7 Å². The Hall–Kier alpha value is -0.830. The molecule has 1 aromatic carbocycles. The Morgan fingerprint density at radius 2 is 2.12 bits per heavy atom. The van der Waals surface area contributed by atoms with Crippen molar-refractivity contribution in [1.82, 2.24) is 0 Å². The van der Waals surface area contributed by atoms with E-state index >= 15 is 0 Å². The first-order valence-electron chi connectivity index (χ1n) is 6.01. The largest absolute Gasteiger partial charge is 0.497 e. The number of ether oxygens (including phenoxy) is 1. The lowest BCUT2D eigenvalue weighted by molar-refractivity contribution is -0.119. The summed E-state index contributed by atoms with van der Waals surface area (Å²) in [7, 11) is 1.66. The Morgan fingerprint density at radius 1 is 1.35 bits per heavy atom. The van der Waals surface area contributed by atoms with Gasteiger partial charge in [0.05, 0.1) is 7.11 Å². The van der Waals surface area contributed by atoms with E-state index in [-0.39, 0.29) is 0 Å². The lowest BCUT2D eigenvalue weighted by Gasteiger charge is -2.07. The molecule has 0 saturated heterocycles. The molecule has 0 aliphatic carbocycles. The van der Waals surface area contributed by atoms with Crippen LogP contribution in [0.5, 0.6) is 5.75 Å². The Balaban J connectivity index is 2.48. The molecule has 0 N–H and O–H groups in total. The van der Waals surface area contributed by atoms with E-state index in [1.54, 1.807) is 7.11 Å². The summed E-state index contributed by atoms with van der Waals surface area (Å²) in [6.07, 6.45) is 4.15. The van der Waals surface area contributed by atoms with Crippen molar-refractivity contribution in [3.05, 3.63) is 28.2 Å². The molecule has 0 saturated carbocycles. The Kier molecular flexibility index (Phi) is 6.27. The van der Waals surface area contributed by atoms with Gasteiger partial charge in [0.1, 0.15) is 11.5 Å². The van der Waals surface area contributed by atoms with Crippen molar-refractivity contribution < 1.29 is 9.53 Å². The zero-order valence-corrected chi connectivity index (χ0v) is 12.0. The van der Waals surface area contributed by atoms with Gasteiger partial charge in [-0.05, 0) is 43.0 Å². The van der Waals surface area contributed by atoms with Gasteiger partial charge in [-0.25, -0.2) is 0 Å². The van der Waals surface area contributed by atoms with Crippen LogP contribution in [0.3, 0.4) is 0 Å². The average molecular weight is 299 g/mol. The van der Waals surface area contributed by atoms with E-state index in [9.17, 15) is 4.79 Å². The molecule has 0 fully saturated rings. The molecule has 0 heterocycles. The van der Waals surface area contributed by atoms with Gasteiger partial charge < -0.3 is 4.74 Å². The van der Waals surface area contributed by atoms with Gasteiger partial charge in [0.15, 0.2) is 0 Å². The van der Waals surface area contributed by atoms with E-state index in [1.807, 2.05) is 25.1 Å². The Labute approximate surface area is 111 Å². The monoisotopic (exact) mass is 298 g/mol. The van der Waals surface area contributed by atoms with Crippen LogP contribution < -0.4 is 4.74 Å². The van der Waals surface area contributed by atoms with Gasteiger partial charge in [-0.1, -0.05) is 22.9 Å². The first-order chi connectivity index (χ1) is 8.17. The highest BCUT2D eigenvalue weighted by Gasteiger charge is 2.04. The fourth-order valence-electron chi connectivity index (χ4n) is 1.75. The van der Waals surface area contributed by atoms with E-state index < -0.39 is 0 Å². The quantitative estimate of drug-likeness (QED) is 0.756. The molecular formula is C14H19BrO2. The minimum absolute atomic E-state index is 0.367. The second-order valence-electron chi connectivity index (χ2n) is 4.10. The van der Waals surface area contributed by atoms with E-state index in [0.29, 0.717) is 18.6 Å². The van der Waals surface area contributed by atoms with Crippen molar-refractivity contribution in [2.24, 2.45) is 0 Å². The minimum atomic E-state index is 0.367. The fourth-order valence-corrected chi connectivity index (χ4v) is 2.19. The molecule has 17 heavy (non-hydrogen) atoms. The molecule has 0 aromatic heterocycles. The summed E-state index contributed by atoms with van der Waals surface area (Å²) in [4.78, 5) is 11.4. The summed E-state index contributed by atoms with van der Waals surface area (Å²) in [6, 6.07) is 5.94. The molecule has 94 valence electrons. The molecule has 3 heteroatoms. The van der Waals surface area contributed by atoms with E-state index in [0.717, 1.165) is 29.5 Å². The van der Waals surface area contributed by atoms with Crippen molar-refractivity contribution in [3.8, 4) is 5.75 Å². The average Bonchev–Trinajstić information content (AvgIpc) is 2.32. The number of benzene rings is 1. The fraction of sp³-hybridized carbons (Fsp3) is 0.500. The first-order valence-corrected chi connectivity index (χ1v) is 6.80. The topological polar surface area (TPSA) is 26.3 Å². The summed E-state index contributed by atoms with van der Waals surface area (Å²) in [5.41, 5.74) is 1.20. The molecule has 2 nitrogen and oxygen atoms in total. The zero-order valence-electron chi connectivity index (χ0n) is 10.5. The smallest absolute Gasteiger partial charge is 0.132 e. The van der Waals surface area contributed by atoms with E-state index in [2.05, 4.69) is 15.9 Å². The molecule has 0 spiro atoms. The molecular weight excluding hydrogens is 280 g/mol. The first kappa shape index (κ1) is 14.2. The van der Waals surface area contributed by atoms with E-state index in [4.69, 9.17) is 4.74 Å². The van der Waals surface area contributed by atoms with Crippen LogP contribution in [0.4, 0.5) is 0 Å². The second kappa shape index (κ2) is 7.49. The third kappa shape index (κ3) is 4.90. The molecule has 0 radical (unpaired) electrons. The Morgan fingerprint density at radius 3 is 2.76 bits per heavy atom. The molecule has 0 atom stereocenters. The lowest BCUT2D eigenvalue weighted by Crippen LogP contribution is -1.98. The van der Waals surface area contributed by atoms with Crippen molar-refractivity contribution in [2.45, 2.75) is 39.0 Å². The standard InChI is InChI=1S/C14H19BrO2/c1-3-5-12(16)7-4-6-11-10-13(17-2)8-9-14(11)15/h8-10H,3-7H2,1-2H3. The molecule has 0 amide bonds. The maximum absolute atomic E-state index is 11.4. The van der Waals surface area contributed by atoms with Gasteiger partial charge >= 0.3 is 0 Å². The summed E-state index contributed by atoms with van der Waals surface area (Å²) in [6.45, 7) is 2.04. The molecule has 0 unspecified atom stereocenters. The minimum Gasteiger partial charge on any atom is -0.497 e. The van der Waals surface area contributed by atoms with Crippen LogP contribution >= 0.6 is 15.9 Å². The maximum Gasteiger partial charge on any atom is 0.132 e. The lowest BCUT2D eigenvalue weighted by atomic mass is 10.0. The second-order valence-corrected chi connectivity index (χ2v) is 4.95. The number of carbonyl (C=O) groups excluding carboxylic acids is 1. The number of halogens is 1. The Bertz CT molecular complexity index is 374. The highest BCUT2D eigenvalue weighted by atomic mass is 79.9. The molecule has 1 aromatic rings. The number of hydrogen-bond acceptors (Lipinski definition) is 2. The van der Waals surface area contributed by atoms with Crippen LogP contribution in [0.25, 0.3) is 0 Å². The third-order valence-corrected chi connectivity index (χ3v) is 3.46. The summed E-state index contributed by atoms with van der Waals surface area (Å²) >= 11 is 3.52. The molecule has 0 bridgehead atoms. The molecule has 1 rings (SSSR count). The maximum atomic E-state index is 11.4. The zero-order chi connectivity index (χ0) is 12.7. The van der Waals surface area contributed by atoms with Crippen LogP contribution in [0.15, 0.2) is 22.7 Å². The molecule has 0 aliphatic rings. The van der Waals surface area contributed by atoms with Crippen molar-refractivity contribution in [1.29, 1.82) is 0 Å². The third-order valence-electron chi connectivity index (χ3n) is 2.68. The van der Waals surface area contributed by atoms with Gasteiger partial charge in [0, 0.05) is 17.3 Å². The highest BCUT2D eigenvalue weighted by molar-refractivity contribution is 9.10. The normalized spacial score (nSPS) is 10.3. The summed E-state index contributed by atoms with van der Waals surface area (Å²) in [5, 5.41) is 0. The van der Waals surface area contributed by atoms with Crippen LogP contribution in [0.2, 0.25) is 0 Å². The predicted molar refractivity (Wildman–Crippen MR) is 73.5 cm³/mol. The van der Waals surface area contributed by atoms with E-state index in [1.165, 1.54) is 5.56 Å². The SMILES string of the molecule is CCCC(=O)CCCc1cc(OC)ccc1Br. The van der Waals surface area contributed by atoms with Crippen LogP contribution in [-0.2, 0) is 11.2 Å². The number of ketones is 1. The number of rotatable bonds is 7. The van der Waals surface area contributed by atoms with Gasteiger partial charge in [0.2, 0.25) is 0 Å². The predicted octanol–water partition coefficient (Wildman–Crippen LogP) is 4.15. The number of carbonyl (C=O) groups is 1. The van der Waals surface area contributed by atoms with Crippen LogP contribution in [0, 0.1) is 0 Å². The van der Waals surface area contributed by atoms with Gasteiger partial charge in [-0.15, -0.1) is 0 Å². The van der Waals surface area contributed by atoms with Gasteiger partial charge in [-0.3, -0.25) is 4.79 Å². The number of Topliss-reactive ketones (excluding diaryl/α,β-unsaturated/α-hetero) is 1. The molecule has 0 aliphatic heterocycles. The number of hydrogen-bond donors (Lipinski definition) is 0. The van der Waals surface area contributed by atoms with Gasteiger partial charge in [-0.2, -0.15) is 0 Å². The highest BCUT2D eigenvalue weighted by Crippen LogP contribution is 2.24.